The highest BCUT2D eigenvalue weighted by Gasteiger charge is 2.21. The van der Waals surface area contributed by atoms with Crippen LogP contribution >= 0.6 is 11.6 Å². The number of fused-ring (bicyclic) bond motifs is 3. The summed E-state index contributed by atoms with van der Waals surface area (Å²) in [6.45, 7) is 1.94. The normalized spacial score (nSPS) is 22.2. The Hall–Kier alpha value is -1.72. The molecule has 0 amide bonds. The Morgan fingerprint density at radius 2 is 2.14 bits per heavy atom. The van der Waals surface area contributed by atoms with Crippen LogP contribution < -0.4 is 16.1 Å². The van der Waals surface area contributed by atoms with Crippen LogP contribution in [0.5, 0.6) is 0 Å². The second-order valence-corrected chi connectivity index (χ2v) is 6.05. The molecule has 1 aliphatic carbocycles. The third kappa shape index (κ3) is 2.17. The van der Waals surface area contributed by atoms with E-state index in [0.717, 1.165) is 42.5 Å². The number of piperidine rings is 1. The molecule has 0 bridgehead atoms. The van der Waals surface area contributed by atoms with Crippen LogP contribution in [-0.4, -0.2) is 33.1 Å². The number of alkyl halides is 1. The Bertz CT molecular complexity index is 835. The second-order valence-electron chi connectivity index (χ2n) is 5.55. The van der Waals surface area contributed by atoms with Gasteiger partial charge in [0.15, 0.2) is 5.65 Å². The van der Waals surface area contributed by atoms with Crippen molar-refractivity contribution in [3.8, 4) is 0 Å². The topological polar surface area (TPSA) is 59.3 Å². The van der Waals surface area contributed by atoms with Gasteiger partial charge in [-0.25, -0.2) is 4.52 Å². The molecule has 0 aromatic carbocycles. The van der Waals surface area contributed by atoms with E-state index in [4.69, 9.17) is 11.6 Å². The minimum absolute atomic E-state index is 0.176. The van der Waals surface area contributed by atoms with Crippen molar-refractivity contribution in [3.05, 3.63) is 39.1 Å². The summed E-state index contributed by atoms with van der Waals surface area (Å²) < 4.78 is 1.83. The van der Waals surface area contributed by atoms with E-state index in [-0.39, 0.29) is 10.9 Å². The van der Waals surface area contributed by atoms with Gasteiger partial charge < -0.3 is 5.32 Å². The highest BCUT2D eigenvalue weighted by atomic mass is 35.5. The number of nitrogens with one attached hydrogen (secondary N) is 1. The molecule has 1 N–H and O–H groups in total. The van der Waals surface area contributed by atoms with Crippen LogP contribution in [0, 0.1) is 0 Å². The summed E-state index contributed by atoms with van der Waals surface area (Å²) in [4.78, 5) is 16.1. The zero-order valence-electron chi connectivity index (χ0n) is 11.4. The molecule has 21 heavy (non-hydrogen) atoms. The highest BCUT2D eigenvalue weighted by Crippen LogP contribution is 2.24. The molecule has 1 saturated heterocycles. The lowest BCUT2D eigenvalue weighted by atomic mass is 9.94. The van der Waals surface area contributed by atoms with Gasteiger partial charge in [0.2, 0.25) is 0 Å². The van der Waals surface area contributed by atoms with Gasteiger partial charge >= 0.3 is 0 Å². The zero-order chi connectivity index (χ0) is 14.4. The van der Waals surface area contributed by atoms with E-state index in [2.05, 4.69) is 15.4 Å². The minimum Gasteiger partial charge on any atom is -0.317 e. The first-order chi connectivity index (χ1) is 10.2. The maximum Gasteiger partial charge on any atom is 0.273 e. The molecule has 1 aliphatic heterocycles. The first kappa shape index (κ1) is 13.0. The Morgan fingerprint density at radius 1 is 1.33 bits per heavy atom. The van der Waals surface area contributed by atoms with E-state index < -0.39 is 0 Å². The van der Waals surface area contributed by atoms with Crippen molar-refractivity contribution in [3.63, 3.8) is 0 Å². The van der Waals surface area contributed by atoms with Crippen LogP contribution in [0.1, 0.15) is 30.1 Å². The van der Waals surface area contributed by atoms with Crippen molar-refractivity contribution in [1.29, 1.82) is 0 Å². The number of halogens is 1. The number of aromatic nitrogens is 3. The van der Waals surface area contributed by atoms with Crippen molar-refractivity contribution in [2.75, 3.05) is 13.1 Å². The summed E-state index contributed by atoms with van der Waals surface area (Å²) in [5, 5.41) is 8.66. The van der Waals surface area contributed by atoms with Gasteiger partial charge in [0.1, 0.15) is 0 Å². The average Bonchev–Trinajstić information content (AvgIpc) is 2.85. The molecule has 5 nitrogen and oxygen atoms in total. The molecule has 0 saturated carbocycles. The Balaban J connectivity index is 1.98. The predicted octanol–water partition coefficient (Wildman–Crippen LogP) is 0.690. The number of rotatable bonds is 1. The van der Waals surface area contributed by atoms with Crippen molar-refractivity contribution in [2.45, 2.75) is 24.1 Å². The first-order valence-electron chi connectivity index (χ1n) is 7.21. The molecule has 0 spiro atoms. The molecule has 2 aromatic heterocycles. The molecule has 3 heterocycles. The van der Waals surface area contributed by atoms with E-state index >= 15 is 0 Å². The van der Waals surface area contributed by atoms with Gasteiger partial charge in [-0.1, -0.05) is 6.08 Å². The van der Waals surface area contributed by atoms with E-state index in [9.17, 15) is 4.79 Å². The molecule has 6 heteroatoms. The fraction of sp³-hybridized carbons (Fsp3) is 0.400. The molecule has 1 unspecified atom stereocenters. The number of hydrogen-bond acceptors (Lipinski definition) is 4. The van der Waals surface area contributed by atoms with E-state index in [1.165, 1.54) is 0 Å². The summed E-state index contributed by atoms with van der Waals surface area (Å²) in [6, 6.07) is 1.63. The summed E-state index contributed by atoms with van der Waals surface area (Å²) in [5.41, 5.74) is 2.22. The van der Waals surface area contributed by atoms with Gasteiger partial charge in [0.05, 0.1) is 16.8 Å². The van der Waals surface area contributed by atoms with Crippen molar-refractivity contribution in [2.24, 2.45) is 0 Å². The molecule has 108 valence electrons. The summed E-state index contributed by atoms with van der Waals surface area (Å²) in [5.74, 6) is 0.349. The van der Waals surface area contributed by atoms with Crippen molar-refractivity contribution in [1.82, 2.24) is 19.9 Å². The maximum absolute atomic E-state index is 12.0. The smallest absolute Gasteiger partial charge is 0.273 e. The zero-order valence-corrected chi connectivity index (χ0v) is 12.2. The second kappa shape index (κ2) is 4.93. The lowest BCUT2D eigenvalue weighted by Crippen LogP contribution is -2.29. The fourth-order valence-corrected chi connectivity index (χ4v) is 3.34. The summed E-state index contributed by atoms with van der Waals surface area (Å²) >= 11 is 6.14. The summed E-state index contributed by atoms with van der Waals surface area (Å²) in [7, 11) is 0. The van der Waals surface area contributed by atoms with Crippen LogP contribution in [-0.2, 0) is 0 Å². The first-order valence-corrected chi connectivity index (χ1v) is 7.64. The standard InChI is InChI=1S/C15H15ClN4O/c16-10-1-2-12-11(7-10)15-18-14(21)8-13(20(15)19-12)9-3-5-17-6-4-9/h1-2,7-10,17H,3-6H2. The Morgan fingerprint density at radius 3 is 2.95 bits per heavy atom. The number of hydrogen-bond donors (Lipinski definition) is 1. The lowest BCUT2D eigenvalue weighted by molar-refractivity contribution is 0.446. The van der Waals surface area contributed by atoms with Gasteiger partial charge in [0.25, 0.3) is 5.56 Å². The van der Waals surface area contributed by atoms with E-state index in [1.807, 2.05) is 22.7 Å². The quantitative estimate of drug-likeness (QED) is 0.788. The molecular weight excluding hydrogens is 288 g/mol. The van der Waals surface area contributed by atoms with Crippen LogP contribution in [0.2, 0.25) is 0 Å². The number of nitrogens with zero attached hydrogens (tertiary/aromatic N) is 3. The molecule has 2 aliphatic rings. The van der Waals surface area contributed by atoms with Gasteiger partial charge in [-0.05, 0) is 38.1 Å². The SMILES string of the molecule is O=c1cc(C2CCNCC2)n2nc3c(c2n1)=CC(Cl)C=C3. The lowest BCUT2D eigenvalue weighted by Gasteiger charge is -2.22. The van der Waals surface area contributed by atoms with Crippen LogP contribution in [0.3, 0.4) is 0 Å². The third-order valence-corrected chi connectivity index (χ3v) is 4.45. The maximum atomic E-state index is 12.0. The van der Waals surface area contributed by atoms with Gasteiger partial charge in [-0.3, -0.25) is 4.79 Å². The van der Waals surface area contributed by atoms with Crippen molar-refractivity contribution < 1.29 is 0 Å². The molecular formula is C15H15ClN4O. The molecule has 1 fully saturated rings. The largest absolute Gasteiger partial charge is 0.317 e. The molecule has 4 rings (SSSR count). The van der Waals surface area contributed by atoms with E-state index in [0.29, 0.717) is 11.6 Å². The molecule has 0 radical (unpaired) electrons. The summed E-state index contributed by atoms with van der Waals surface area (Å²) in [6.07, 6.45) is 7.72. The van der Waals surface area contributed by atoms with Gasteiger partial charge in [-0.15, -0.1) is 11.6 Å². The van der Waals surface area contributed by atoms with E-state index in [1.54, 1.807) is 6.07 Å². The average molecular weight is 303 g/mol. The van der Waals surface area contributed by atoms with Crippen LogP contribution in [0.25, 0.3) is 17.8 Å². The van der Waals surface area contributed by atoms with Crippen LogP contribution in [0.15, 0.2) is 16.9 Å². The Labute approximate surface area is 126 Å². The van der Waals surface area contributed by atoms with Gasteiger partial charge in [-0.2, -0.15) is 10.1 Å². The van der Waals surface area contributed by atoms with Crippen LogP contribution in [0.4, 0.5) is 0 Å². The van der Waals surface area contributed by atoms with Gasteiger partial charge in [0, 0.05) is 17.2 Å². The fourth-order valence-electron chi connectivity index (χ4n) is 3.14. The monoisotopic (exact) mass is 302 g/mol. The minimum atomic E-state index is -0.201. The predicted molar refractivity (Wildman–Crippen MR) is 82.5 cm³/mol. The number of allylic oxidation sites excluding steroid dienone is 1. The third-order valence-electron chi connectivity index (χ3n) is 4.18. The highest BCUT2D eigenvalue weighted by molar-refractivity contribution is 6.25. The Kier molecular flexibility index (Phi) is 3.05. The molecule has 1 atom stereocenters. The molecule has 2 aromatic rings. The van der Waals surface area contributed by atoms with Crippen molar-refractivity contribution >= 4 is 29.4 Å².